The highest BCUT2D eigenvalue weighted by atomic mass is 16.1. The van der Waals surface area contributed by atoms with Gasteiger partial charge in [0.25, 0.3) is 0 Å². The lowest BCUT2D eigenvalue weighted by atomic mass is 10.1. The fourth-order valence-electron chi connectivity index (χ4n) is 1.53. The Morgan fingerprint density at radius 2 is 1.94 bits per heavy atom. The molecule has 1 rings (SSSR count). The molecular weight excluding hydrogens is 216 g/mol. The normalized spacial score (nSPS) is 12.1. The number of carbonyl (C=O) groups excluding carboxylic acids is 1. The van der Waals surface area contributed by atoms with E-state index < -0.39 is 0 Å². The summed E-state index contributed by atoms with van der Waals surface area (Å²) in [6.07, 6.45) is 0. The van der Waals surface area contributed by atoms with Crippen molar-refractivity contribution in [2.75, 3.05) is 18.9 Å². The number of carbonyl (C=O) groups is 1. The van der Waals surface area contributed by atoms with Gasteiger partial charge in [-0.2, -0.15) is 0 Å². The summed E-state index contributed by atoms with van der Waals surface area (Å²) in [4.78, 5) is 20.0. The van der Waals surface area contributed by atoms with Crippen LogP contribution in [0.2, 0.25) is 0 Å². The number of hydrogen-bond donors (Lipinski definition) is 2. The van der Waals surface area contributed by atoms with Gasteiger partial charge in [0.2, 0.25) is 5.91 Å². The first-order valence-corrected chi connectivity index (χ1v) is 5.73. The minimum atomic E-state index is -0.0880. The quantitative estimate of drug-likeness (QED) is 0.824. The van der Waals surface area contributed by atoms with Gasteiger partial charge in [-0.15, -0.1) is 0 Å². The van der Waals surface area contributed by atoms with Gasteiger partial charge in [0.05, 0.1) is 5.92 Å². The van der Waals surface area contributed by atoms with Crippen LogP contribution in [0, 0.1) is 26.7 Å². The second kappa shape index (κ2) is 5.61. The smallest absolute Gasteiger partial charge is 0.224 e. The van der Waals surface area contributed by atoms with Crippen molar-refractivity contribution in [3.8, 4) is 0 Å². The number of anilines is 1. The van der Waals surface area contributed by atoms with Gasteiger partial charge in [0.15, 0.2) is 0 Å². The molecule has 1 aromatic heterocycles. The first kappa shape index (κ1) is 13.4. The van der Waals surface area contributed by atoms with Crippen LogP contribution in [0.25, 0.3) is 0 Å². The number of aromatic nitrogens is 2. The molecule has 17 heavy (non-hydrogen) atoms. The molecule has 0 saturated heterocycles. The standard InChI is InChI=1S/C12H20N4O/c1-7(12(17)13-5)6-14-11-8(2)9(3)15-10(4)16-11/h7H,6H2,1-5H3,(H,13,17)(H,14,15,16)/t7-/m1/s1. The predicted molar refractivity (Wildman–Crippen MR) is 68.0 cm³/mol. The van der Waals surface area contributed by atoms with Crippen LogP contribution in [0.3, 0.4) is 0 Å². The van der Waals surface area contributed by atoms with E-state index >= 15 is 0 Å². The Balaban J connectivity index is 2.73. The highest BCUT2D eigenvalue weighted by Crippen LogP contribution is 2.14. The number of nitrogens with one attached hydrogen (secondary N) is 2. The van der Waals surface area contributed by atoms with Crippen LogP contribution >= 0.6 is 0 Å². The molecule has 5 heteroatoms. The van der Waals surface area contributed by atoms with Gasteiger partial charge in [-0.05, 0) is 20.8 Å². The Morgan fingerprint density at radius 3 is 2.53 bits per heavy atom. The number of hydrogen-bond acceptors (Lipinski definition) is 4. The van der Waals surface area contributed by atoms with Crippen molar-refractivity contribution in [1.29, 1.82) is 0 Å². The van der Waals surface area contributed by atoms with Gasteiger partial charge in [0.1, 0.15) is 11.6 Å². The lowest BCUT2D eigenvalue weighted by Crippen LogP contribution is -2.30. The third-order valence-corrected chi connectivity index (χ3v) is 2.77. The maximum absolute atomic E-state index is 11.4. The van der Waals surface area contributed by atoms with Crippen molar-refractivity contribution in [2.45, 2.75) is 27.7 Å². The molecule has 5 nitrogen and oxygen atoms in total. The van der Waals surface area contributed by atoms with Crippen LogP contribution in [0.15, 0.2) is 0 Å². The molecule has 2 N–H and O–H groups in total. The summed E-state index contributed by atoms with van der Waals surface area (Å²) >= 11 is 0. The third kappa shape index (κ3) is 3.41. The van der Waals surface area contributed by atoms with Crippen LogP contribution in [0.5, 0.6) is 0 Å². The molecule has 1 amide bonds. The van der Waals surface area contributed by atoms with Crippen LogP contribution in [0.1, 0.15) is 24.0 Å². The van der Waals surface area contributed by atoms with E-state index in [2.05, 4.69) is 20.6 Å². The Labute approximate surface area is 102 Å². The molecule has 0 bridgehead atoms. The number of aryl methyl sites for hydroxylation is 2. The lowest BCUT2D eigenvalue weighted by molar-refractivity contribution is -0.123. The Morgan fingerprint density at radius 1 is 1.29 bits per heavy atom. The monoisotopic (exact) mass is 236 g/mol. The van der Waals surface area contributed by atoms with E-state index in [4.69, 9.17) is 0 Å². The first-order valence-electron chi connectivity index (χ1n) is 5.73. The number of amides is 1. The fourth-order valence-corrected chi connectivity index (χ4v) is 1.53. The third-order valence-electron chi connectivity index (χ3n) is 2.77. The van der Waals surface area contributed by atoms with Gasteiger partial charge < -0.3 is 10.6 Å². The van der Waals surface area contributed by atoms with Crippen molar-refractivity contribution in [1.82, 2.24) is 15.3 Å². The van der Waals surface area contributed by atoms with Gasteiger partial charge in [-0.25, -0.2) is 9.97 Å². The molecule has 0 fully saturated rings. The van der Waals surface area contributed by atoms with Crippen molar-refractivity contribution < 1.29 is 4.79 Å². The second-order valence-corrected chi connectivity index (χ2v) is 4.23. The van der Waals surface area contributed by atoms with Crippen LogP contribution in [0.4, 0.5) is 5.82 Å². The molecule has 0 saturated carbocycles. The molecule has 0 aliphatic heterocycles. The topological polar surface area (TPSA) is 66.9 Å². The van der Waals surface area contributed by atoms with E-state index in [1.54, 1.807) is 7.05 Å². The van der Waals surface area contributed by atoms with Crippen LogP contribution in [-0.4, -0.2) is 29.5 Å². The van der Waals surface area contributed by atoms with Crippen molar-refractivity contribution in [3.63, 3.8) is 0 Å². The molecule has 1 aromatic rings. The van der Waals surface area contributed by atoms with Gasteiger partial charge in [0, 0.05) is 24.8 Å². The predicted octanol–water partition coefficient (Wildman–Crippen LogP) is 1.20. The number of nitrogens with zero attached hydrogens (tertiary/aromatic N) is 2. The first-order chi connectivity index (χ1) is 7.95. The minimum Gasteiger partial charge on any atom is -0.369 e. The summed E-state index contributed by atoms with van der Waals surface area (Å²) < 4.78 is 0. The van der Waals surface area contributed by atoms with Gasteiger partial charge in [-0.1, -0.05) is 6.92 Å². The highest BCUT2D eigenvalue weighted by Gasteiger charge is 2.12. The summed E-state index contributed by atoms with van der Waals surface area (Å²) in [6, 6.07) is 0. The SMILES string of the molecule is CNC(=O)[C@H](C)CNc1nc(C)nc(C)c1C. The summed E-state index contributed by atoms with van der Waals surface area (Å²) in [7, 11) is 1.64. The van der Waals surface area contributed by atoms with Crippen molar-refractivity contribution >= 4 is 11.7 Å². The second-order valence-electron chi connectivity index (χ2n) is 4.23. The molecule has 94 valence electrons. The number of rotatable bonds is 4. The average molecular weight is 236 g/mol. The fraction of sp³-hybridized carbons (Fsp3) is 0.583. The van der Waals surface area contributed by atoms with E-state index in [9.17, 15) is 4.79 Å². The highest BCUT2D eigenvalue weighted by molar-refractivity contribution is 5.78. The van der Waals surface area contributed by atoms with E-state index in [1.165, 1.54) is 0 Å². The maximum Gasteiger partial charge on any atom is 0.224 e. The molecule has 1 atom stereocenters. The Bertz CT molecular complexity index is 417. The average Bonchev–Trinajstić information content (AvgIpc) is 2.30. The lowest BCUT2D eigenvalue weighted by Gasteiger charge is -2.14. The van der Waals surface area contributed by atoms with E-state index in [0.717, 1.165) is 22.9 Å². The van der Waals surface area contributed by atoms with Crippen LogP contribution in [-0.2, 0) is 4.79 Å². The van der Waals surface area contributed by atoms with Crippen molar-refractivity contribution in [2.24, 2.45) is 5.92 Å². The molecule has 0 aliphatic carbocycles. The van der Waals surface area contributed by atoms with E-state index in [0.29, 0.717) is 6.54 Å². The summed E-state index contributed by atoms with van der Waals surface area (Å²) in [5.41, 5.74) is 1.99. The van der Waals surface area contributed by atoms with E-state index in [1.807, 2.05) is 27.7 Å². The Kier molecular flexibility index (Phi) is 4.43. The van der Waals surface area contributed by atoms with Gasteiger partial charge >= 0.3 is 0 Å². The summed E-state index contributed by atoms with van der Waals surface area (Å²) in [5.74, 6) is 1.49. The zero-order valence-corrected chi connectivity index (χ0v) is 11.1. The molecule has 1 heterocycles. The van der Waals surface area contributed by atoms with Crippen LogP contribution < -0.4 is 10.6 Å². The van der Waals surface area contributed by atoms with Gasteiger partial charge in [-0.3, -0.25) is 4.79 Å². The molecule has 0 radical (unpaired) electrons. The zero-order chi connectivity index (χ0) is 13.0. The molecule has 0 spiro atoms. The minimum absolute atomic E-state index is 0.0256. The molecule has 0 aromatic carbocycles. The Hall–Kier alpha value is -1.65. The van der Waals surface area contributed by atoms with E-state index in [-0.39, 0.29) is 11.8 Å². The maximum atomic E-state index is 11.4. The molecule has 0 aliphatic rings. The molecular formula is C12H20N4O. The zero-order valence-electron chi connectivity index (χ0n) is 11.1. The summed E-state index contributed by atoms with van der Waals surface area (Å²) in [6.45, 7) is 8.23. The largest absolute Gasteiger partial charge is 0.369 e. The summed E-state index contributed by atoms with van der Waals surface area (Å²) in [5, 5.41) is 5.82. The molecule has 0 unspecified atom stereocenters. The van der Waals surface area contributed by atoms with Crippen molar-refractivity contribution in [3.05, 3.63) is 17.1 Å².